The molecule has 0 spiro atoms. The molecule has 1 heterocycles. The topological polar surface area (TPSA) is 52.6 Å². The normalized spacial score (nSPS) is 17.6. The quantitative estimate of drug-likeness (QED) is 0.167. The number of allylic oxidation sites excluding steroid dienone is 5. The third-order valence-electron chi connectivity index (χ3n) is 8.54. The third kappa shape index (κ3) is 9.96. The maximum Gasteiger partial charge on any atom is 0.184 e. The van der Waals surface area contributed by atoms with Crippen molar-refractivity contribution in [3.8, 4) is 11.5 Å². The number of hydrogen-bond donors (Lipinski definition) is 0. The molecule has 3 aromatic carbocycles. The van der Waals surface area contributed by atoms with Crippen LogP contribution in [0.15, 0.2) is 113 Å². The predicted octanol–water partition coefficient (Wildman–Crippen LogP) is 10.3. The zero-order valence-electron chi connectivity index (χ0n) is 27.9. The monoisotopic (exact) mass is 626 g/mol. The molecule has 4 nitrogen and oxygen atoms in total. The summed E-state index contributed by atoms with van der Waals surface area (Å²) in [7, 11) is -3.62. The average Bonchev–Trinajstić information content (AvgIpc) is 3.01. The molecule has 3 aromatic rings. The van der Waals surface area contributed by atoms with E-state index in [0.717, 1.165) is 72.3 Å². The van der Waals surface area contributed by atoms with Crippen molar-refractivity contribution in [2.24, 2.45) is 0 Å². The summed E-state index contributed by atoms with van der Waals surface area (Å²) < 4.78 is 40.9. The standard InChI is InChI=1S/C40H50O4S/c1-30(2)15-13-16-31(3)17-14-18-32(4)25-38(45(41,42)37-21-11-8-12-22-37)28-40(6)24-23-35-27-36(26-33(5)39(35)44-40)43-29-34-19-9-7-10-20-34/h7-12,15,17,19-22,25-27,38H,13-14,16,18,23-24,28-29H2,1-6H3/b31-17+,32-25+/t38?,40-/m0/s1. The van der Waals surface area contributed by atoms with Gasteiger partial charge in [0.2, 0.25) is 0 Å². The highest BCUT2D eigenvalue weighted by molar-refractivity contribution is 7.92. The molecule has 4 rings (SSSR count). The number of ether oxygens (including phenoxy) is 2. The van der Waals surface area contributed by atoms with Crippen LogP contribution in [0.5, 0.6) is 11.5 Å². The van der Waals surface area contributed by atoms with Crippen molar-refractivity contribution >= 4 is 9.84 Å². The van der Waals surface area contributed by atoms with Crippen LogP contribution in [0.1, 0.15) is 89.8 Å². The second-order valence-electron chi connectivity index (χ2n) is 13.1. The van der Waals surface area contributed by atoms with E-state index in [1.807, 2.05) is 43.3 Å². The van der Waals surface area contributed by atoms with Gasteiger partial charge in [-0.2, -0.15) is 0 Å². The van der Waals surface area contributed by atoms with Gasteiger partial charge in [0.05, 0.1) is 10.1 Å². The first-order valence-corrected chi connectivity index (χ1v) is 17.7. The molecule has 0 aliphatic carbocycles. The van der Waals surface area contributed by atoms with Crippen LogP contribution in [-0.4, -0.2) is 19.3 Å². The van der Waals surface area contributed by atoms with Gasteiger partial charge in [0.15, 0.2) is 9.84 Å². The van der Waals surface area contributed by atoms with Crippen LogP contribution in [0.25, 0.3) is 0 Å². The van der Waals surface area contributed by atoms with Gasteiger partial charge in [0, 0.05) is 6.42 Å². The Labute approximate surface area is 271 Å². The van der Waals surface area contributed by atoms with Gasteiger partial charge >= 0.3 is 0 Å². The van der Waals surface area contributed by atoms with Crippen molar-refractivity contribution in [1.82, 2.24) is 0 Å². The highest BCUT2D eigenvalue weighted by Crippen LogP contribution is 2.41. The largest absolute Gasteiger partial charge is 0.489 e. The van der Waals surface area contributed by atoms with Gasteiger partial charge in [0.25, 0.3) is 0 Å². The number of sulfone groups is 1. The highest BCUT2D eigenvalue weighted by Gasteiger charge is 2.39. The smallest absolute Gasteiger partial charge is 0.184 e. The zero-order chi connectivity index (χ0) is 32.5. The SMILES string of the molecule is CC(C)=CCC/C(C)=C/CC/C(C)=C/C(C[C@]1(C)CCc2cc(OCc3ccccc3)cc(C)c2O1)S(=O)(=O)c1ccccc1. The molecule has 0 N–H and O–H groups in total. The Hall–Kier alpha value is -3.57. The van der Waals surface area contributed by atoms with E-state index in [9.17, 15) is 8.42 Å². The van der Waals surface area contributed by atoms with E-state index < -0.39 is 20.7 Å². The van der Waals surface area contributed by atoms with Crippen LogP contribution >= 0.6 is 0 Å². The summed E-state index contributed by atoms with van der Waals surface area (Å²) in [6.45, 7) is 13.1. The molecule has 5 heteroatoms. The van der Waals surface area contributed by atoms with Crippen molar-refractivity contribution in [2.45, 2.75) is 109 Å². The molecule has 0 saturated heterocycles. The summed E-state index contributed by atoms with van der Waals surface area (Å²) in [4.78, 5) is 0.352. The zero-order valence-corrected chi connectivity index (χ0v) is 28.8. The lowest BCUT2D eigenvalue weighted by Crippen LogP contribution is -2.41. The molecule has 0 bridgehead atoms. The van der Waals surface area contributed by atoms with Crippen LogP contribution in [0.2, 0.25) is 0 Å². The van der Waals surface area contributed by atoms with Gasteiger partial charge in [-0.15, -0.1) is 0 Å². The van der Waals surface area contributed by atoms with Crippen LogP contribution in [0.3, 0.4) is 0 Å². The summed E-state index contributed by atoms with van der Waals surface area (Å²) in [5, 5.41) is -0.692. The van der Waals surface area contributed by atoms with Crippen LogP contribution in [0, 0.1) is 6.92 Å². The first-order chi connectivity index (χ1) is 21.4. The first-order valence-electron chi connectivity index (χ1n) is 16.2. The number of fused-ring (bicyclic) bond motifs is 1. The van der Waals surface area contributed by atoms with E-state index in [-0.39, 0.29) is 0 Å². The van der Waals surface area contributed by atoms with Gasteiger partial charge in [-0.1, -0.05) is 83.5 Å². The van der Waals surface area contributed by atoms with E-state index in [1.54, 1.807) is 24.3 Å². The summed E-state index contributed by atoms with van der Waals surface area (Å²) in [5.41, 5.74) is 6.41. The van der Waals surface area contributed by atoms with Gasteiger partial charge in [-0.25, -0.2) is 8.42 Å². The highest BCUT2D eigenvalue weighted by atomic mass is 32.2. The molecule has 1 aliphatic heterocycles. The second-order valence-corrected chi connectivity index (χ2v) is 15.2. The lowest BCUT2D eigenvalue weighted by atomic mass is 9.87. The molecule has 0 aromatic heterocycles. The number of rotatable bonds is 14. The molecule has 0 fully saturated rings. The average molecular weight is 627 g/mol. The lowest BCUT2D eigenvalue weighted by molar-refractivity contribution is 0.0567. The molecule has 240 valence electrons. The van der Waals surface area contributed by atoms with E-state index >= 15 is 0 Å². The van der Waals surface area contributed by atoms with E-state index in [2.05, 4.69) is 65.0 Å². The Morgan fingerprint density at radius 2 is 1.56 bits per heavy atom. The van der Waals surface area contributed by atoms with Crippen LogP contribution in [-0.2, 0) is 22.9 Å². The van der Waals surface area contributed by atoms with Crippen molar-refractivity contribution in [3.05, 3.63) is 124 Å². The van der Waals surface area contributed by atoms with Crippen LogP contribution in [0.4, 0.5) is 0 Å². The Kier molecular flexibility index (Phi) is 11.9. The second kappa shape index (κ2) is 15.6. The van der Waals surface area contributed by atoms with E-state index in [1.165, 1.54) is 11.1 Å². The predicted molar refractivity (Wildman–Crippen MR) is 187 cm³/mol. The molecule has 1 unspecified atom stereocenters. The van der Waals surface area contributed by atoms with Gasteiger partial charge in [-0.3, -0.25) is 0 Å². The number of benzene rings is 3. The molecule has 0 saturated carbocycles. The molecule has 1 aliphatic rings. The molecular weight excluding hydrogens is 577 g/mol. The third-order valence-corrected chi connectivity index (χ3v) is 10.6. The Balaban J connectivity index is 1.51. The number of aryl methyl sites for hydroxylation is 2. The minimum atomic E-state index is -3.62. The summed E-state index contributed by atoms with van der Waals surface area (Å²) in [6.07, 6.45) is 12.3. The summed E-state index contributed by atoms with van der Waals surface area (Å²) >= 11 is 0. The summed E-state index contributed by atoms with van der Waals surface area (Å²) in [6, 6.07) is 23.1. The van der Waals surface area contributed by atoms with E-state index in [4.69, 9.17) is 9.47 Å². The van der Waals surface area contributed by atoms with Crippen molar-refractivity contribution in [2.75, 3.05) is 0 Å². The minimum Gasteiger partial charge on any atom is -0.489 e. The fraction of sp³-hybridized carbons (Fsp3) is 0.400. The lowest BCUT2D eigenvalue weighted by Gasteiger charge is -2.38. The van der Waals surface area contributed by atoms with Crippen molar-refractivity contribution < 1.29 is 17.9 Å². The van der Waals surface area contributed by atoms with Gasteiger partial charge in [0.1, 0.15) is 23.7 Å². The Morgan fingerprint density at radius 1 is 0.911 bits per heavy atom. The minimum absolute atomic E-state index is 0.352. The van der Waals surface area contributed by atoms with Crippen molar-refractivity contribution in [1.29, 1.82) is 0 Å². The Morgan fingerprint density at radius 3 is 2.24 bits per heavy atom. The Bertz CT molecular complexity index is 1610. The van der Waals surface area contributed by atoms with Gasteiger partial charge in [-0.05, 0) is 121 Å². The molecular formula is C40H50O4S. The molecule has 0 radical (unpaired) electrons. The fourth-order valence-corrected chi connectivity index (χ4v) is 7.78. The molecule has 2 atom stereocenters. The van der Waals surface area contributed by atoms with E-state index in [0.29, 0.717) is 17.9 Å². The van der Waals surface area contributed by atoms with Crippen LogP contribution < -0.4 is 9.47 Å². The molecule has 45 heavy (non-hydrogen) atoms. The maximum atomic E-state index is 14.1. The summed E-state index contributed by atoms with van der Waals surface area (Å²) in [5.74, 6) is 1.67. The van der Waals surface area contributed by atoms with Crippen molar-refractivity contribution in [3.63, 3.8) is 0 Å². The van der Waals surface area contributed by atoms with Gasteiger partial charge < -0.3 is 9.47 Å². The first kappa shape index (κ1) is 34.3. The maximum absolute atomic E-state index is 14.1. The number of hydrogen-bond acceptors (Lipinski definition) is 4. The molecule has 0 amide bonds. The fourth-order valence-electron chi connectivity index (χ4n) is 5.91.